The highest BCUT2D eigenvalue weighted by Crippen LogP contribution is 2.12. The summed E-state index contributed by atoms with van der Waals surface area (Å²) in [5, 5.41) is 10.3. The average molecular weight is 220 g/mol. The minimum absolute atomic E-state index is 0.241. The van der Waals surface area contributed by atoms with Gasteiger partial charge in [0.25, 0.3) is 0 Å². The quantitative estimate of drug-likeness (QED) is 0.622. The van der Waals surface area contributed by atoms with Gasteiger partial charge < -0.3 is 0 Å². The van der Waals surface area contributed by atoms with Crippen molar-refractivity contribution in [2.75, 3.05) is 5.75 Å². The monoisotopic (exact) mass is 220 g/mol. The lowest BCUT2D eigenvalue weighted by molar-refractivity contribution is -0.117. The lowest BCUT2D eigenvalue weighted by Crippen LogP contribution is -2.19. The Morgan fingerprint density at radius 3 is 3.07 bits per heavy atom. The van der Waals surface area contributed by atoms with E-state index in [2.05, 4.69) is 11.4 Å². The van der Waals surface area contributed by atoms with Crippen LogP contribution in [0.25, 0.3) is 0 Å². The van der Waals surface area contributed by atoms with Crippen molar-refractivity contribution in [3.05, 3.63) is 35.4 Å². The van der Waals surface area contributed by atoms with Crippen LogP contribution in [-0.2, 0) is 10.5 Å². The van der Waals surface area contributed by atoms with Gasteiger partial charge in [-0.1, -0.05) is 29.8 Å². The number of nitrogens with zero attached hydrogens (tertiary/aromatic N) is 1. The molecule has 0 aliphatic heterocycles. The molecule has 0 bridgehead atoms. The van der Waals surface area contributed by atoms with Gasteiger partial charge in [0.1, 0.15) is 0 Å². The molecule has 78 valence electrons. The molecule has 0 spiro atoms. The van der Waals surface area contributed by atoms with Crippen molar-refractivity contribution >= 4 is 17.7 Å². The molecule has 0 aliphatic carbocycles. The van der Waals surface area contributed by atoms with E-state index in [9.17, 15) is 4.79 Å². The number of carbonyl (C=O) groups excluding carboxylic acids is 1. The lowest BCUT2D eigenvalue weighted by Gasteiger charge is -2.01. The van der Waals surface area contributed by atoms with Gasteiger partial charge in [-0.05, 0) is 12.5 Å². The van der Waals surface area contributed by atoms with Gasteiger partial charge in [-0.15, -0.1) is 11.8 Å². The number of amides is 1. The maximum atomic E-state index is 10.9. The largest absolute Gasteiger partial charge is 0.273 e. The Bertz CT molecular complexity index is 384. The molecule has 0 saturated heterocycles. The summed E-state index contributed by atoms with van der Waals surface area (Å²) >= 11 is 1.50. The van der Waals surface area contributed by atoms with Crippen LogP contribution in [0.1, 0.15) is 11.1 Å². The molecule has 1 aromatic rings. The number of carbonyl (C=O) groups is 1. The predicted molar refractivity (Wildman–Crippen MR) is 61.1 cm³/mol. The summed E-state index contributed by atoms with van der Waals surface area (Å²) in [6, 6.07) is 8.16. The van der Waals surface area contributed by atoms with Crippen molar-refractivity contribution < 1.29 is 4.79 Å². The number of thioether (sulfide) groups is 1. The molecule has 1 rings (SSSR count). The standard InChI is InChI=1S/C11H12N2OS/c1-9-3-2-4-10(5-9)6-15-7-11(14)13-8-12/h2-5H,6-7H2,1H3,(H,13,14). The minimum atomic E-state index is -0.241. The van der Waals surface area contributed by atoms with E-state index >= 15 is 0 Å². The van der Waals surface area contributed by atoms with Crippen LogP contribution >= 0.6 is 11.8 Å². The number of rotatable bonds is 4. The second-order valence-electron chi connectivity index (χ2n) is 3.14. The van der Waals surface area contributed by atoms with Gasteiger partial charge in [0.2, 0.25) is 5.91 Å². The van der Waals surface area contributed by atoms with E-state index in [1.54, 1.807) is 6.19 Å². The summed E-state index contributed by atoms with van der Waals surface area (Å²) in [7, 11) is 0. The van der Waals surface area contributed by atoms with E-state index in [0.29, 0.717) is 5.75 Å². The molecule has 0 heterocycles. The number of hydrogen-bond acceptors (Lipinski definition) is 3. The van der Waals surface area contributed by atoms with Crippen LogP contribution in [0, 0.1) is 18.4 Å². The number of nitriles is 1. The van der Waals surface area contributed by atoms with Crippen molar-refractivity contribution in [1.29, 1.82) is 5.26 Å². The number of nitrogens with one attached hydrogen (secondary N) is 1. The fraction of sp³-hybridized carbons (Fsp3) is 0.273. The fourth-order valence-corrected chi connectivity index (χ4v) is 1.94. The molecule has 0 saturated carbocycles. The number of hydrogen-bond donors (Lipinski definition) is 1. The molecule has 0 aromatic heterocycles. The smallest absolute Gasteiger partial charge is 0.242 e. The van der Waals surface area contributed by atoms with Crippen LogP contribution in [-0.4, -0.2) is 11.7 Å². The molecule has 0 unspecified atom stereocenters. The molecule has 4 heteroatoms. The molecule has 0 fully saturated rings. The Kier molecular flexibility index (Phi) is 4.72. The maximum Gasteiger partial charge on any atom is 0.242 e. The Hall–Kier alpha value is -1.47. The molecule has 0 radical (unpaired) electrons. The normalized spacial score (nSPS) is 9.33. The molecule has 1 aromatic carbocycles. The molecule has 1 N–H and O–H groups in total. The zero-order chi connectivity index (χ0) is 11.1. The topological polar surface area (TPSA) is 52.9 Å². The van der Waals surface area contributed by atoms with E-state index in [0.717, 1.165) is 5.75 Å². The van der Waals surface area contributed by atoms with Gasteiger partial charge >= 0.3 is 0 Å². The summed E-state index contributed by atoms with van der Waals surface area (Å²) in [6.45, 7) is 2.04. The summed E-state index contributed by atoms with van der Waals surface area (Å²) < 4.78 is 0. The fourth-order valence-electron chi connectivity index (χ4n) is 1.16. The Morgan fingerprint density at radius 2 is 2.40 bits per heavy atom. The van der Waals surface area contributed by atoms with Crippen LogP contribution in [0.15, 0.2) is 24.3 Å². The zero-order valence-corrected chi connectivity index (χ0v) is 9.30. The van der Waals surface area contributed by atoms with E-state index < -0.39 is 0 Å². The van der Waals surface area contributed by atoms with Gasteiger partial charge in [0.05, 0.1) is 5.75 Å². The van der Waals surface area contributed by atoms with Crippen molar-refractivity contribution in [1.82, 2.24) is 5.32 Å². The summed E-state index contributed by atoms with van der Waals surface area (Å²) in [5.41, 5.74) is 2.42. The highest BCUT2D eigenvalue weighted by molar-refractivity contribution is 7.99. The van der Waals surface area contributed by atoms with Gasteiger partial charge in [-0.3, -0.25) is 10.1 Å². The minimum Gasteiger partial charge on any atom is -0.273 e. The SMILES string of the molecule is Cc1cccc(CSCC(=O)NC#N)c1. The highest BCUT2D eigenvalue weighted by Gasteiger charge is 2.00. The first-order valence-corrected chi connectivity index (χ1v) is 5.69. The first-order valence-electron chi connectivity index (χ1n) is 4.53. The molecule has 15 heavy (non-hydrogen) atoms. The van der Waals surface area contributed by atoms with Crippen LogP contribution in [0.4, 0.5) is 0 Å². The second-order valence-corrected chi connectivity index (χ2v) is 4.13. The van der Waals surface area contributed by atoms with E-state index in [1.807, 2.05) is 25.1 Å². The number of aryl methyl sites for hydroxylation is 1. The summed E-state index contributed by atoms with van der Waals surface area (Å²) in [4.78, 5) is 10.9. The van der Waals surface area contributed by atoms with Gasteiger partial charge in [-0.25, -0.2) is 0 Å². The third-order valence-corrected chi connectivity index (χ3v) is 2.78. The Labute approximate surface area is 93.5 Å². The van der Waals surface area contributed by atoms with E-state index in [-0.39, 0.29) is 5.91 Å². The van der Waals surface area contributed by atoms with Crippen LogP contribution in [0.2, 0.25) is 0 Å². The van der Waals surface area contributed by atoms with Crippen LogP contribution in [0.5, 0.6) is 0 Å². The van der Waals surface area contributed by atoms with Crippen molar-refractivity contribution in [3.8, 4) is 6.19 Å². The third kappa shape index (κ3) is 4.52. The first kappa shape index (κ1) is 11.6. The van der Waals surface area contributed by atoms with Crippen molar-refractivity contribution in [2.45, 2.75) is 12.7 Å². The summed E-state index contributed by atoms with van der Waals surface area (Å²) in [6.07, 6.45) is 1.61. The van der Waals surface area contributed by atoms with Crippen molar-refractivity contribution in [3.63, 3.8) is 0 Å². The van der Waals surface area contributed by atoms with E-state index in [1.165, 1.54) is 22.9 Å². The molecule has 3 nitrogen and oxygen atoms in total. The number of benzene rings is 1. The predicted octanol–water partition coefficient (Wildman–Crippen LogP) is 1.83. The van der Waals surface area contributed by atoms with Crippen LogP contribution in [0.3, 0.4) is 0 Å². The lowest BCUT2D eigenvalue weighted by atomic mass is 10.2. The molecule has 1 amide bonds. The highest BCUT2D eigenvalue weighted by atomic mass is 32.2. The molecular weight excluding hydrogens is 208 g/mol. The second kappa shape index (κ2) is 6.10. The molecule has 0 atom stereocenters. The van der Waals surface area contributed by atoms with Crippen LogP contribution < -0.4 is 5.32 Å². The Balaban J connectivity index is 2.32. The maximum absolute atomic E-state index is 10.9. The average Bonchev–Trinajstić information content (AvgIpc) is 2.18. The van der Waals surface area contributed by atoms with Crippen molar-refractivity contribution in [2.24, 2.45) is 0 Å². The first-order chi connectivity index (χ1) is 7.22. The summed E-state index contributed by atoms with van der Waals surface area (Å²) in [5.74, 6) is 0.873. The molecule has 0 aliphatic rings. The third-order valence-electron chi connectivity index (χ3n) is 1.78. The molecular formula is C11H12N2OS. The Morgan fingerprint density at radius 1 is 1.60 bits per heavy atom. The van der Waals surface area contributed by atoms with Gasteiger partial charge in [-0.2, -0.15) is 5.26 Å². The van der Waals surface area contributed by atoms with E-state index in [4.69, 9.17) is 5.26 Å². The zero-order valence-electron chi connectivity index (χ0n) is 8.49. The van der Waals surface area contributed by atoms with Gasteiger partial charge in [0.15, 0.2) is 6.19 Å². The van der Waals surface area contributed by atoms with Gasteiger partial charge in [0, 0.05) is 5.75 Å².